The molecule has 0 amide bonds. The van der Waals surface area contributed by atoms with Gasteiger partial charge in [-0.25, -0.2) is 0 Å². The number of benzene rings is 2. The van der Waals surface area contributed by atoms with Crippen molar-refractivity contribution in [3.8, 4) is 11.1 Å². The Balaban J connectivity index is 2.05. The van der Waals surface area contributed by atoms with E-state index in [1.54, 1.807) is 0 Å². The van der Waals surface area contributed by atoms with Crippen molar-refractivity contribution in [2.45, 2.75) is 38.6 Å². The van der Waals surface area contributed by atoms with Crippen molar-refractivity contribution in [1.29, 1.82) is 0 Å². The lowest BCUT2D eigenvalue weighted by Gasteiger charge is -2.08. The standard InChI is InChI=1S/C19H23NO2/c1-2-3-4-14-5-9-16(10-6-14)17-11-7-15(8-12-17)13-18(20)19(21)22/h5-12,18H,2-4,13,20H2,1H3,(H,21,22). The van der Waals surface area contributed by atoms with Crippen LogP contribution in [0.2, 0.25) is 0 Å². The number of carbonyl (C=O) groups is 1. The topological polar surface area (TPSA) is 63.3 Å². The van der Waals surface area contributed by atoms with Gasteiger partial charge in [0.1, 0.15) is 6.04 Å². The third kappa shape index (κ3) is 4.43. The number of hydrogen-bond acceptors (Lipinski definition) is 2. The lowest BCUT2D eigenvalue weighted by atomic mass is 9.99. The summed E-state index contributed by atoms with van der Waals surface area (Å²) in [4.78, 5) is 10.8. The molecule has 0 aromatic heterocycles. The first kappa shape index (κ1) is 16.2. The molecule has 2 rings (SSSR count). The van der Waals surface area contributed by atoms with E-state index >= 15 is 0 Å². The number of aliphatic carboxylic acids is 1. The highest BCUT2D eigenvalue weighted by Crippen LogP contribution is 2.21. The summed E-state index contributed by atoms with van der Waals surface area (Å²) in [7, 11) is 0. The summed E-state index contributed by atoms with van der Waals surface area (Å²) < 4.78 is 0. The normalized spacial score (nSPS) is 12.1. The quantitative estimate of drug-likeness (QED) is 0.820. The summed E-state index contributed by atoms with van der Waals surface area (Å²) in [5.41, 5.74) is 10.2. The molecular formula is C19H23NO2. The van der Waals surface area contributed by atoms with Gasteiger partial charge in [0, 0.05) is 0 Å². The lowest BCUT2D eigenvalue weighted by molar-refractivity contribution is -0.138. The molecule has 1 atom stereocenters. The van der Waals surface area contributed by atoms with Crippen molar-refractivity contribution in [3.05, 3.63) is 59.7 Å². The maximum atomic E-state index is 10.8. The second kappa shape index (κ2) is 7.76. The molecule has 0 saturated heterocycles. The summed E-state index contributed by atoms with van der Waals surface area (Å²) in [5.74, 6) is -0.966. The summed E-state index contributed by atoms with van der Waals surface area (Å²) in [6, 6.07) is 15.7. The first-order chi connectivity index (χ1) is 10.6. The van der Waals surface area contributed by atoms with Gasteiger partial charge in [-0.15, -0.1) is 0 Å². The molecular weight excluding hydrogens is 274 g/mol. The van der Waals surface area contributed by atoms with Gasteiger partial charge in [-0.2, -0.15) is 0 Å². The molecule has 3 heteroatoms. The Hall–Kier alpha value is -2.13. The Morgan fingerprint density at radius 3 is 1.95 bits per heavy atom. The number of unbranched alkanes of at least 4 members (excludes halogenated alkanes) is 1. The first-order valence-electron chi connectivity index (χ1n) is 7.76. The highest BCUT2D eigenvalue weighted by atomic mass is 16.4. The Kier molecular flexibility index (Phi) is 5.73. The van der Waals surface area contributed by atoms with E-state index in [0.29, 0.717) is 6.42 Å². The minimum atomic E-state index is -0.966. The van der Waals surface area contributed by atoms with Gasteiger partial charge in [0.25, 0.3) is 0 Å². The van der Waals surface area contributed by atoms with Crippen LogP contribution in [0.5, 0.6) is 0 Å². The van der Waals surface area contributed by atoms with E-state index < -0.39 is 12.0 Å². The fourth-order valence-corrected chi connectivity index (χ4v) is 2.42. The molecule has 3 nitrogen and oxygen atoms in total. The predicted octanol–water partition coefficient (Wildman–Crippen LogP) is 3.65. The van der Waals surface area contributed by atoms with Crippen LogP contribution in [0.4, 0.5) is 0 Å². The number of rotatable bonds is 7. The van der Waals surface area contributed by atoms with Gasteiger partial charge >= 0.3 is 5.97 Å². The van der Waals surface area contributed by atoms with Crippen LogP contribution in [-0.4, -0.2) is 17.1 Å². The number of carboxylic acids is 1. The first-order valence-corrected chi connectivity index (χ1v) is 7.76. The zero-order valence-electron chi connectivity index (χ0n) is 13.0. The van der Waals surface area contributed by atoms with Crippen molar-refractivity contribution >= 4 is 5.97 Å². The fraction of sp³-hybridized carbons (Fsp3) is 0.316. The van der Waals surface area contributed by atoms with Gasteiger partial charge in [0.2, 0.25) is 0 Å². The molecule has 0 spiro atoms. The maximum Gasteiger partial charge on any atom is 0.320 e. The fourth-order valence-electron chi connectivity index (χ4n) is 2.42. The maximum absolute atomic E-state index is 10.8. The van der Waals surface area contributed by atoms with Gasteiger partial charge in [0.15, 0.2) is 0 Å². The number of carboxylic acid groups (broad SMARTS) is 1. The Bertz CT molecular complexity index is 602. The summed E-state index contributed by atoms with van der Waals surface area (Å²) in [6.45, 7) is 2.20. The van der Waals surface area contributed by atoms with Gasteiger partial charge in [-0.3, -0.25) is 4.79 Å². The molecule has 0 aliphatic rings. The molecule has 3 N–H and O–H groups in total. The molecule has 22 heavy (non-hydrogen) atoms. The zero-order chi connectivity index (χ0) is 15.9. The van der Waals surface area contributed by atoms with Crippen LogP contribution in [0.1, 0.15) is 30.9 Å². The molecule has 0 radical (unpaired) electrons. The summed E-state index contributed by atoms with van der Waals surface area (Å²) in [5, 5.41) is 8.84. The minimum absolute atomic E-state index is 0.353. The molecule has 2 aromatic rings. The number of nitrogens with two attached hydrogens (primary N) is 1. The summed E-state index contributed by atoms with van der Waals surface area (Å²) in [6.07, 6.45) is 3.91. The van der Waals surface area contributed by atoms with E-state index in [9.17, 15) is 4.79 Å². The molecule has 116 valence electrons. The average Bonchev–Trinajstić information content (AvgIpc) is 2.54. The van der Waals surface area contributed by atoms with Gasteiger partial charge in [0.05, 0.1) is 0 Å². The van der Waals surface area contributed by atoms with Crippen LogP contribution in [0.15, 0.2) is 48.5 Å². The summed E-state index contributed by atoms with van der Waals surface area (Å²) >= 11 is 0. The molecule has 0 saturated carbocycles. The highest BCUT2D eigenvalue weighted by molar-refractivity contribution is 5.73. The van der Waals surface area contributed by atoms with Crippen molar-refractivity contribution < 1.29 is 9.90 Å². The van der Waals surface area contributed by atoms with Crippen LogP contribution in [0.25, 0.3) is 11.1 Å². The molecule has 1 unspecified atom stereocenters. The Morgan fingerprint density at radius 2 is 1.50 bits per heavy atom. The second-order valence-corrected chi connectivity index (χ2v) is 5.65. The number of hydrogen-bond donors (Lipinski definition) is 2. The van der Waals surface area contributed by atoms with E-state index in [4.69, 9.17) is 10.8 Å². The minimum Gasteiger partial charge on any atom is -0.480 e. The molecule has 0 fully saturated rings. The van der Waals surface area contributed by atoms with E-state index in [0.717, 1.165) is 17.5 Å². The molecule has 0 aliphatic carbocycles. The predicted molar refractivity (Wildman–Crippen MR) is 89.8 cm³/mol. The lowest BCUT2D eigenvalue weighted by Crippen LogP contribution is -2.32. The van der Waals surface area contributed by atoms with Crippen LogP contribution < -0.4 is 5.73 Å². The van der Waals surface area contributed by atoms with Gasteiger partial charge in [-0.05, 0) is 41.5 Å². The van der Waals surface area contributed by atoms with Crippen LogP contribution in [0, 0.1) is 0 Å². The third-order valence-electron chi connectivity index (χ3n) is 3.83. The molecule has 0 aliphatic heterocycles. The van der Waals surface area contributed by atoms with Crippen LogP contribution in [0.3, 0.4) is 0 Å². The van der Waals surface area contributed by atoms with E-state index in [1.807, 2.05) is 24.3 Å². The molecule has 0 heterocycles. The third-order valence-corrected chi connectivity index (χ3v) is 3.83. The molecule has 0 bridgehead atoms. The second-order valence-electron chi connectivity index (χ2n) is 5.65. The van der Waals surface area contributed by atoms with E-state index in [2.05, 4.69) is 31.2 Å². The monoisotopic (exact) mass is 297 g/mol. The Morgan fingerprint density at radius 1 is 1.00 bits per heavy atom. The largest absolute Gasteiger partial charge is 0.480 e. The van der Waals surface area contributed by atoms with Gasteiger partial charge < -0.3 is 10.8 Å². The highest BCUT2D eigenvalue weighted by Gasteiger charge is 2.11. The van der Waals surface area contributed by atoms with Crippen LogP contribution >= 0.6 is 0 Å². The van der Waals surface area contributed by atoms with E-state index in [-0.39, 0.29) is 0 Å². The SMILES string of the molecule is CCCCc1ccc(-c2ccc(CC(N)C(=O)O)cc2)cc1. The Labute approximate surface area is 131 Å². The number of aryl methyl sites for hydroxylation is 1. The van der Waals surface area contributed by atoms with E-state index in [1.165, 1.54) is 24.0 Å². The zero-order valence-corrected chi connectivity index (χ0v) is 13.0. The van der Waals surface area contributed by atoms with Crippen molar-refractivity contribution in [3.63, 3.8) is 0 Å². The van der Waals surface area contributed by atoms with Crippen molar-refractivity contribution in [2.75, 3.05) is 0 Å². The van der Waals surface area contributed by atoms with Crippen molar-refractivity contribution in [2.24, 2.45) is 5.73 Å². The molecule has 2 aromatic carbocycles. The van der Waals surface area contributed by atoms with Crippen LogP contribution in [-0.2, 0) is 17.6 Å². The smallest absolute Gasteiger partial charge is 0.320 e. The van der Waals surface area contributed by atoms with Crippen molar-refractivity contribution in [1.82, 2.24) is 0 Å². The van der Waals surface area contributed by atoms with Gasteiger partial charge in [-0.1, -0.05) is 61.9 Å². The average molecular weight is 297 g/mol.